The molecule has 0 aromatic rings. The first-order chi connectivity index (χ1) is 36.5. The number of rotatable bonds is 61. The molecule has 0 radical (unpaired) electrons. The summed E-state index contributed by atoms with van der Waals surface area (Å²) in [4.78, 5) is 38.1. The van der Waals surface area contributed by atoms with E-state index in [0.29, 0.717) is 19.3 Å². The Balaban J connectivity index is 3.98. The lowest BCUT2D eigenvalue weighted by molar-refractivity contribution is -0.167. The molecule has 6 nitrogen and oxygen atoms in total. The number of esters is 3. The molecule has 0 aromatic carbocycles. The maximum Gasteiger partial charge on any atom is 0.306 e. The van der Waals surface area contributed by atoms with E-state index in [1.807, 2.05) is 0 Å². The number of ether oxygens (including phenoxy) is 3. The average Bonchev–Trinajstić information content (AvgIpc) is 3.40. The molecule has 0 saturated carbocycles. The van der Waals surface area contributed by atoms with Crippen LogP contribution in [0.15, 0.2) is 36.5 Å². The van der Waals surface area contributed by atoms with Crippen molar-refractivity contribution in [3.63, 3.8) is 0 Å². The summed E-state index contributed by atoms with van der Waals surface area (Å²) in [6.07, 6.45) is 77.7. The largest absolute Gasteiger partial charge is 0.462 e. The van der Waals surface area contributed by atoms with Crippen molar-refractivity contribution in [3.05, 3.63) is 36.5 Å². The van der Waals surface area contributed by atoms with Gasteiger partial charge in [0.1, 0.15) is 13.2 Å². The van der Waals surface area contributed by atoms with Crippen molar-refractivity contribution < 1.29 is 28.6 Å². The van der Waals surface area contributed by atoms with Crippen molar-refractivity contribution in [3.8, 4) is 0 Å². The summed E-state index contributed by atoms with van der Waals surface area (Å²) in [7, 11) is 0. The van der Waals surface area contributed by atoms with Gasteiger partial charge in [-0.1, -0.05) is 301 Å². The first kappa shape index (κ1) is 71.6. The molecule has 0 rings (SSSR count). The van der Waals surface area contributed by atoms with Crippen LogP contribution in [0.3, 0.4) is 0 Å². The van der Waals surface area contributed by atoms with E-state index >= 15 is 0 Å². The normalized spacial score (nSPS) is 12.2. The van der Waals surface area contributed by atoms with Crippen LogP contribution in [0.5, 0.6) is 0 Å². The fourth-order valence-electron chi connectivity index (χ4n) is 9.88. The smallest absolute Gasteiger partial charge is 0.306 e. The van der Waals surface area contributed by atoms with Crippen molar-refractivity contribution in [2.45, 2.75) is 367 Å². The van der Waals surface area contributed by atoms with E-state index in [0.717, 1.165) is 83.5 Å². The van der Waals surface area contributed by atoms with Gasteiger partial charge in [-0.15, -0.1) is 0 Å². The van der Waals surface area contributed by atoms with E-state index in [1.165, 1.54) is 238 Å². The molecule has 0 amide bonds. The highest BCUT2D eigenvalue weighted by Gasteiger charge is 2.19. The van der Waals surface area contributed by atoms with E-state index in [2.05, 4.69) is 57.2 Å². The molecule has 6 heteroatoms. The summed E-state index contributed by atoms with van der Waals surface area (Å²) in [6.45, 7) is 6.62. The van der Waals surface area contributed by atoms with Gasteiger partial charge in [-0.3, -0.25) is 14.4 Å². The molecule has 1 unspecified atom stereocenters. The number of carbonyl (C=O) groups excluding carboxylic acids is 3. The predicted molar refractivity (Wildman–Crippen MR) is 321 cm³/mol. The maximum absolute atomic E-state index is 12.8. The molecule has 0 fully saturated rings. The van der Waals surface area contributed by atoms with Crippen LogP contribution < -0.4 is 0 Å². The molecular formula is C68H126O6. The number of hydrogen-bond donors (Lipinski definition) is 0. The fraction of sp³-hybridized carbons (Fsp3) is 0.868. The van der Waals surface area contributed by atoms with Crippen molar-refractivity contribution in [2.75, 3.05) is 13.2 Å². The lowest BCUT2D eigenvalue weighted by Crippen LogP contribution is -2.30. The molecule has 0 aliphatic rings. The highest BCUT2D eigenvalue weighted by molar-refractivity contribution is 5.71. The van der Waals surface area contributed by atoms with Crippen LogP contribution in [0.2, 0.25) is 0 Å². The van der Waals surface area contributed by atoms with Gasteiger partial charge in [0.05, 0.1) is 0 Å². The fourth-order valence-corrected chi connectivity index (χ4v) is 9.88. The molecule has 0 bridgehead atoms. The van der Waals surface area contributed by atoms with Gasteiger partial charge in [0, 0.05) is 19.3 Å². The zero-order valence-electron chi connectivity index (χ0n) is 49.9. The minimum Gasteiger partial charge on any atom is -0.462 e. The van der Waals surface area contributed by atoms with Crippen molar-refractivity contribution in [2.24, 2.45) is 0 Å². The van der Waals surface area contributed by atoms with Crippen LogP contribution in [0, 0.1) is 0 Å². The zero-order valence-corrected chi connectivity index (χ0v) is 49.9. The molecule has 0 aromatic heterocycles. The van der Waals surface area contributed by atoms with Gasteiger partial charge < -0.3 is 14.2 Å². The van der Waals surface area contributed by atoms with Gasteiger partial charge in [-0.2, -0.15) is 0 Å². The number of carbonyl (C=O) groups is 3. The molecule has 0 saturated heterocycles. The van der Waals surface area contributed by atoms with Crippen molar-refractivity contribution in [1.82, 2.24) is 0 Å². The predicted octanol–water partition coefficient (Wildman–Crippen LogP) is 22.4. The minimum atomic E-state index is -0.774. The topological polar surface area (TPSA) is 78.9 Å². The van der Waals surface area contributed by atoms with E-state index in [1.54, 1.807) is 0 Å². The van der Waals surface area contributed by atoms with Gasteiger partial charge in [-0.25, -0.2) is 0 Å². The summed E-state index contributed by atoms with van der Waals surface area (Å²) in [5, 5.41) is 0. The number of allylic oxidation sites excluding steroid dienone is 6. The highest BCUT2D eigenvalue weighted by Crippen LogP contribution is 2.18. The highest BCUT2D eigenvalue weighted by atomic mass is 16.6. The second-order valence-electron chi connectivity index (χ2n) is 22.4. The van der Waals surface area contributed by atoms with Crippen LogP contribution in [0.1, 0.15) is 361 Å². The summed E-state index contributed by atoms with van der Waals surface area (Å²) in [5.74, 6) is -0.872. The van der Waals surface area contributed by atoms with E-state index in [4.69, 9.17) is 14.2 Å². The second-order valence-corrected chi connectivity index (χ2v) is 22.4. The Morgan fingerprint density at radius 3 is 0.784 bits per heavy atom. The Hall–Kier alpha value is -2.37. The van der Waals surface area contributed by atoms with Crippen LogP contribution in [0.4, 0.5) is 0 Å². The Morgan fingerprint density at radius 2 is 0.486 bits per heavy atom. The standard InChI is InChI=1S/C68H126O6/c1-4-7-10-13-16-19-21-23-25-26-27-28-29-30-31-32-33-34-35-36-37-38-39-40-41-42-44-45-47-49-52-55-58-61-67(70)73-64-65(63-72-66(69)60-57-54-51-18-15-12-9-6-3)74-68(71)62-59-56-53-50-48-46-43-24-22-20-17-14-11-8-5-2/h17,20,24,26-27,43,65H,4-16,18-19,21-23,25,28-42,44-64H2,1-3H3/b20-17-,27-26-,43-24-. The number of unbranched alkanes of at least 4 members (excludes halogenated alkanes) is 44. The van der Waals surface area contributed by atoms with Crippen LogP contribution >= 0.6 is 0 Å². The van der Waals surface area contributed by atoms with E-state index in [-0.39, 0.29) is 31.1 Å². The third-order valence-electron chi connectivity index (χ3n) is 14.9. The summed E-state index contributed by atoms with van der Waals surface area (Å²) in [6, 6.07) is 0. The lowest BCUT2D eigenvalue weighted by atomic mass is 10.0. The van der Waals surface area contributed by atoms with Crippen LogP contribution in [0.25, 0.3) is 0 Å². The van der Waals surface area contributed by atoms with Gasteiger partial charge in [0.25, 0.3) is 0 Å². The van der Waals surface area contributed by atoms with Gasteiger partial charge >= 0.3 is 17.9 Å². The van der Waals surface area contributed by atoms with Gasteiger partial charge in [0.2, 0.25) is 0 Å². The van der Waals surface area contributed by atoms with Crippen LogP contribution in [-0.2, 0) is 28.6 Å². The SMILES string of the molecule is CCCCC/C=C\C/C=C\CCCCCCCC(=O)OC(COC(=O)CCCCCCCCCC)COC(=O)CCCCCCCCCCCCCCCCCCCCCCC/C=C\CCCCCCCCCC. The van der Waals surface area contributed by atoms with Gasteiger partial charge in [-0.05, 0) is 77.0 Å². The molecule has 0 spiro atoms. The summed E-state index contributed by atoms with van der Waals surface area (Å²) in [5.41, 5.74) is 0. The Bertz CT molecular complexity index is 1240. The molecular weight excluding hydrogens is 913 g/mol. The van der Waals surface area contributed by atoms with E-state index in [9.17, 15) is 14.4 Å². The third kappa shape index (κ3) is 60.5. The first-order valence-corrected chi connectivity index (χ1v) is 33.0. The quantitative estimate of drug-likeness (QED) is 0.0261. The Labute approximate surface area is 461 Å². The van der Waals surface area contributed by atoms with Crippen LogP contribution in [-0.4, -0.2) is 37.2 Å². The van der Waals surface area contributed by atoms with Crippen molar-refractivity contribution in [1.29, 1.82) is 0 Å². The molecule has 74 heavy (non-hydrogen) atoms. The Morgan fingerprint density at radius 1 is 0.270 bits per heavy atom. The Kier molecular flexibility index (Phi) is 61.1. The van der Waals surface area contributed by atoms with Gasteiger partial charge in [0.15, 0.2) is 6.10 Å². The third-order valence-corrected chi connectivity index (χ3v) is 14.9. The maximum atomic E-state index is 12.8. The minimum absolute atomic E-state index is 0.0733. The molecule has 0 heterocycles. The molecule has 0 aliphatic carbocycles. The lowest BCUT2D eigenvalue weighted by Gasteiger charge is -2.18. The van der Waals surface area contributed by atoms with Crippen molar-refractivity contribution >= 4 is 17.9 Å². The molecule has 1 atom stereocenters. The second kappa shape index (κ2) is 63.2. The number of hydrogen-bond acceptors (Lipinski definition) is 6. The molecule has 0 aliphatic heterocycles. The van der Waals surface area contributed by atoms with E-state index < -0.39 is 6.10 Å². The summed E-state index contributed by atoms with van der Waals surface area (Å²) < 4.78 is 16.8. The monoisotopic (exact) mass is 1040 g/mol. The first-order valence-electron chi connectivity index (χ1n) is 33.0. The zero-order chi connectivity index (χ0) is 53.6. The average molecular weight is 1040 g/mol. The molecule has 434 valence electrons. The molecule has 0 N–H and O–H groups in total. The summed E-state index contributed by atoms with van der Waals surface area (Å²) >= 11 is 0.